The van der Waals surface area contributed by atoms with Crippen molar-refractivity contribution in [1.29, 1.82) is 5.26 Å². The van der Waals surface area contributed by atoms with Gasteiger partial charge in [0.15, 0.2) is 0 Å². The summed E-state index contributed by atoms with van der Waals surface area (Å²) in [5.74, 6) is 0. The largest absolute Gasteiger partial charge is 0.256 e. The molecule has 0 radical (unpaired) electrons. The highest BCUT2D eigenvalue weighted by atomic mass is 14.7. The van der Waals surface area contributed by atoms with E-state index in [-0.39, 0.29) is 0 Å². The molecule has 0 aliphatic heterocycles. The van der Waals surface area contributed by atoms with E-state index in [0.29, 0.717) is 5.56 Å². The molecule has 0 saturated carbocycles. The maximum Gasteiger partial charge on any atom is 0.0998 e. The summed E-state index contributed by atoms with van der Waals surface area (Å²) < 4.78 is 0. The van der Waals surface area contributed by atoms with Gasteiger partial charge in [-0.3, -0.25) is 4.98 Å². The van der Waals surface area contributed by atoms with E-state index in [2.05, 4.69) is 11.1 Å². The molecule has 0 aliphatic carbocycles. The van der Waals surface area contributed by atoms with Gasteiger partial charge in [-0.1, -0.05) is 24.3 Å². The Kier molecular flexibility index (Phi) is 2.47. The van der Waals surface area contributed by atoms with Gasteiger partial charge in [-0.2, -0.15) is 5.26 Å². The van der Waals surface area contributed by atoms with Crippen LogP contribution in [-0.4, -0.2) is 4.98 Å². The Morgan fingerprint density at radius 3 is 2.67 bits per heavy atom. The molecule has 0 unspecified atom stereocenters. The molecule has 0 spiro atoms. The molecule has 1 aromatic carbocycles. The van der Waals surface area contributed by atoms with Gasteiger partial charge in [-0.05, 0) is 24.6 Å². The van der Waals surface area contributed by atoms with Gasteiger partial charge in [0, 0.05) is 11.8 Å². The first kappa shape index (κ1) is 9.42. The molecular weight excluding hydrogens is 184 g/mol. The van der Waals surface area contributed by atoms with Crippen LogP contribution in [-0.2, 0) is 0 Å². The smallest absolute Gasteiger partial charge is 0.0998 e. The summed E-state index contributed by atoms with van der Waals surface area (Å²) in [4.78, 5) is 4.31. The van der Waals surface area contributed by atoms with Gasteiger partial charge in [0.1, 0.15) is 0 Å². The first-order chi connectivity index (χ1) is 7.33. The quantitative estimate of drug-likeness (QED) is 0.699. The van der Waals surface area contributed by atoms with Crippen LogP contribution >= 0.6 is 0 Å². The van der Waals surface area contributed by atoms with E-state index in [9.17, 15) is 0 Å². The Bertz CT molecular complexity index is 524. The Morgan fingerprint density at radius 2 is 1.93 bits per heavy atom. The fourth-order valence-corrected chi connectivity index (χ4v) is 1.55. The van der Waals surface area contributed by atoms with Gasteiger partial charge in [0.2, 0.25) is 0 Å². The standard InChI is InChI=1S/C13H10N2/c1-10-5-4-8-15-13(10)12-7-3-2-6-11(12)9-14/h2-8H,1H3. The lowest BCUT2D eigenvalue weighted by Crippen LogP contribution is -1.90. The number of aryl methyl sites for hydroxylation is 1. The Morgan fingerprint density at radius 1 is 1.13 bits per heavy atom. The predicted molar refractivity (Wildman–Crippen MR) is 59.1 cm³/mol. The molecule has 0 atom stereocenters. The molecule has 1 heterocycles. The molecule has 2 nitrogen and oxygen atoms in total. The summed E-state index contributed by atoms with van der Waals surface area (Å²) in [5.41, 5.74) is 3.53. The van der Waals surface area contributed by atoms with Crippen molar-refractivity contribution < 1.29 is 0 Å². The second kappa shape index (κ2) is 3.93. The predicted octanol–water partition coefficient (Wildman–Crippen LogP) is 2.93. The maximum absolute atomic E-state index is 8.99. The zero-order valence-electron chi connectivity index (χ0n) is 8.44. The minimum absolute atomic E-state index is 0.666. The van der Waals surface area contributed by atoms with Gasteiger partial charge in [-0.25, -0.2) is 0 Å². The van der Waals surface area contributed by atoms with E-state index in [1.165, 1.54) is 0 Å². The van der Waals surface area contributed by atoms with Crippen LogP contribution in [0.3, 0.4) is 0 Å². The highest BCUT2D eigenvalue weighted by Gasteiger charge is 2.06. The molecular formula is C13H10N2. The zero-order chi connectivity index (χ0) is 10.7. The summed E-state index contributed by atoms with van der Waals surface area (Å²) in [5, 5.41) is 8.99. The van der Waals surface area contributed by atoms with E-state index < -0.39 is 0 Å². The van der Waals surface area contributed by atoms with Crippen molar-refractivity contribution in [3.05, 3.63) is 53.7 Å². The number of nitriles is 1. The van der Waals surface area contributed by atoms with Gasteiger partial charge >= 0.3 is 0 Å². The Hall–Kier alpha value is -2.14. The van der Waals surface area contributed by atoms with Crippen LogP contribution in [0, 0.1) is 18.3 Å². The van der Waals surface area contributed by atoms with Crippen LogP contribution in [0.15, 0.2) is 42.6 Å². The third-order valence-corrected chi connectivity index (χ3v) is 2.31. The van der Waals surface area contributed by atoms with Gasteiger partial charge in [0.05, 0.1) is 17.3 Å². The average molecular weight is 194 g/mol. The van der Waals surface area contributed by atoms with Crippen LogP contribution in [0.5, 0.6) is 0 Å². The lowest BCUT2D eigenvalue weighted by molar-refractivity contribution is 1.26. The van der Waals surface area contributed by atoms with Crippen molar-refractivity contribution in [1.82, 2.24) is 4.98 Å². The molecule has 0 N–H and O–H groups in total. The molecule has 0 amide bonds. The lowest BCUT2D eigenvalue weighted by Gasteiger charge is -2.05. The summed E-state index contributed by atoms with van der Waals surface area (Å²) >= 11 is 0. The third-order valence-electron chi connectivity index (χ3n) is 2.31. The minimum atomic E-state index is 0.666. The van der Waals surface area contributed by atoms with Crippen LogP contribution in [0.1, 0.15) is 11.1 Å². The number of nitrogens with zero attached hydrogens (tertiary/aromatic N) is 2. The summed E-state index contributed by atoms with van der Waals surface area (Å²) in [6.45, 7) is 2.00. The van der Waals surface area contributed by atoms with Crippen LogP contribution in [0.25, 0.3) is 11.3 Å². The highest BCUT2D eigenvalue weighted by Crippen LogP contribution is 2.23. The summed E-state index contributed by atoms with van der Waals surface area (Å²) in [6, 6.07) is 13.6. The fourth-order valence-electron chi connectivity index (χ4n) is 1.55. The van der Waals surface area contributed by atoms with Crippen LogP contribution in [0.2, 0.25) is 0 Å². The van der Waals surface area contributed by atoms with Crippen molar-refractivity contribution >= 4 is 0 Å². The highest BCUT2D eigenvalue weighted by molar-refractivity contribution is 5.69. The number of pyridine rings is 1. The number of aromatic nitrogens is 1. The average Bonchev–Trinajstić information content (AvgIpc) is 2.30. The molecule has 0 saturated heterocycles. The molecule has 72 valence electrons. The molecule has 15 heavy (non-hydrogen) atoms. The van der Waals surface area contributed by atoms with Crippen molar-refractivity contribution in [2.24, 2.45) is 0 Å². The SMILES string of the molecule is Cc1cccnc1-c1ccccc1C#N. The summed E-state index contributed by atoms with van der Waals surface area (Å²) in [7, 11) is 0. The van der Waals surface area contributed by atoms with Gasteiger partial charge in [-0.15, -0.1) is 0 Å². The number of benzene rings is 1. The van der Waals surface area contributed by atoms with E-state index in [0.717, 1.165) is 16.8 Å². The number of hydrogen-bond donors (Lipinski definition) is 0. The van der Waals surface area contributed by atoms with E-state index >= 15 is 0 Å². The van der Waals surface area contributed by atoms with Crippen LogP contribution < -0.4 is 0 Å². The van der Waals surface area contributed by atoms with Gasteiger partial charge in [0.25, 0.3) is 0 Å². The normalized spacial score (nSPS) is 9.60. The molecule has 1 aromatic heterocycles. The zero-order valence-corrected chi connectivity index (χ0v) is 8.44. The first-order valence-corrected chi connectivity index (χ1v) is 4.74. The van der Waals surface area contributed by atoms with Crippen LogP contribution in [0.4, 0.5) is 0 Å². The first-order valence-electron chi connectivity index (χ1n) is 4.74. The van der Waals surface area contributed by atoms with Crippen molar-refractivity contribution in [3.63, 3.8) is 0 Å². The van der Waals surface area contributed by atoms with Crippen molar-refractivity contribution in [2.75, 3.05) is 0 Å². The van der Waals surface area contributed by atoms with E-state index in [1.807, 2.05) is 43.3 Å². The molecule has 2 aromatic rings. The number of rotatable bonds is 1. The number of hydrogen-bond acceptors (Lipinski definition) is 2. The second-order valence-electron chi connectivity index (χ2n) is 3.33. The third kappa shape index (κ3) is 1.72. The maximum atomic E-state index is 8.99. The fraction of sp³-hybridized carbons (Fsp3) is 0.0769. The molecule has 2 heteroatoms. The molecule has 0 aliphatic rings. The molecule has 2 rings (SSSR count). The van der Waals surface area contributed by atoms with Crippen molar-refractivity contribution in [2.45, 2.75) is 6.92 Å². The molecule has 0 bridgehead atoms. The second-order valence-corrected chi connectivity index (χ2v) is 3.33. The topological polar surface area (TPSA) is 36.7 Å². The summed E-state index contributed by atoms with van der Waals surface area (Å²) in [6.07, 6.45) is 1.75. The molecule has 0 fully saturated rings. The van der Waals surface area contributed by atoms with E-state index in [4.69, 9.17) is 5.26 Å². The minimum Gasteiger partial charge on any atom is -0.256 e. The monoisotopic (exact) mass is 194 g/mol. The Labute approximate surface area is 88.8 Å². The lowest BCUT2D eigenvalue weighted by atomic mass is 10.0. The van der Waals surface area contributed by atoms with E-state index in [1.54, 1.807) is 6.20 Å². The van der Waals surface area contributed by atoms with Crippen molar-refractivity contribution in [3.8, 4) is 17.3 Å². The Balaban J connectivity index is 2.65. The van der Waals surface area contributed by atoms with Gasteiger partial charge < -0.3 is 0 Å².